The molecule has 0 saturated carbocycles. The van der Waals surface area contributed by atoms with E-state index < -0.39 is 0 Å². The van der Waals surface area contributed by atoms with Crippen LogP contribution in [0.1, 0.15) is 88.2 Å². The van der Waals surface area contributed by atoms with Gasteiger partial charge in [-0.15, -0.1) is 0 Å². The van der Waals surface area contributed by atoms with Crippen LogP contribution in [0, 0.1) is 0 Å². The van der Waals surface area contributed by atoms with Gasteiger partial charge in [-0.1, -0.05) is 81.9 Å². The predicted octanol–water partition coefficient (Wildman–Crippen LogP) is 6.80. The number of allylic oxidation sites excluding steroid dienone is 1. The lowest BCUT2D eigenvalue weighted by molar-refractivity contribution is 0.559. The van der Waals surface area contributed by atoms with E-state index in [1.807, 2.05) is 0 Å². The fourth-order valence-electron chi connectivity index (χ4n) is 3.66. The Kier molecular flexibility index (Phi) is 7.06. The van der Waals surface area contributed by atoms with E-state index in [0.29, 0.717) is 5.92 Å². The summed E-state index contributed by atoms with van der Waals surface area (Å²) in [6, 6.07) is 9.01. The number of aryl methyl sites for hydroxylation is 1. The molecule has 1 aliphatic carbocycles. The number of benzene rings is 1. The third kappa shape index (κ3) is 5.02. The molecule has 0 bridgehead atoms. The van der Waals surface area contributed by atoms with Crippen LogP contribution in [0.4, 0.5) is 0 Å². The number of hydrogen-bond acceptors (Lipinski definition) is 0. The number of unbranched alkanes of at least 4 members (excludes halogenated alkanes) is 6. The summed E-state index contributed by atoms with van der Waals surface area (Å²) in [5.41, 5.74) is 4.61. The summed E-state index contributed by atoms with van der Waals surface area (Å²) >= 11 is 0. The number of hydrogen-bond donors (Lipinski definition) is 0. The van der Waals surface area contributed by atoms with Crippen LogP contribution in [0.25, 0.3) is 0 Å². The summed E-state index contributed by atoms with van der Waals surface area (Å²) in [5, 5.41) is 0. The van der Waals surface area contributed by atoms with Crippen molar-refractivity contribution in [2.75, 3.05) is 0 Å². The van der Waals surface area contributed by atoms with Gasteiger partial charge in [0.05, 0.1) is 0 Å². The van der Waals surface area contributed by atoms with Crippen molar-refractivity contribution in [1.82, 2.24) is 0 Å². The molecule has 1 aromatic carbocycles. The third-order valence-corrected chi connectivity index (χ3v) is 4.96. The van der Waals surface area contributed by atoms with Crippen molar-refractivity contribution in [3.8, 4) is 0 Å². The maximum Gasteiger partial charge on any atom is 0.00483 e. The Balaban J connectivity index is 1.72. The van der Waals surface area contributed by atoms with Crippen LogP contribution >= 0.6 is 0 Å². The molecule has 1 aliphatic rings. The molecule has 0 heteroatoms. The summed E-state index contributed by atoms with van der Waals surface area (Å²) in [6.07, 6.45) is 14.9. The van der Waals surface area contributed by atoms with E-state index in [1.165, 1.54) is 76.2 Å². The minimum Gasteiger partial charge on any atom is -0.0992 e. The second-order valence-electron chi connectivity index (χ2n) is 6.67. The molecule has 0 radical (unpaired) electrons. The monoisotopic (exact) mass is 284 g/mol. The van der Waals surface area contributed by atoms with Gasteiger partial charge in [0.25, 0.3) is 0 Å². The number of fused-ring (bicyclic) bond motifs is 1. The Labute approximate surface area is 131 Å². The Morgan fingerprint density at radius 2 is 1.76 bits per heavy atom. The largest absolute Gasteiger partial charge is 0.0992 e. The molecular weight excluding hydrogens is 252 g/mol. The van der Waals surface area contributed by atoms with Crippen LogP contribution in [-0.4, -0.2) is 0 Å². The van der Waals surface area contributed by atoms with Crippen molar-refractivity contribution in [3.63, 3.8) is 0 Å². The van der Waals surface area contributed by atoms with E-state index in [1.54, 1.807) is 11.1 Å². The van der Waals surface area contributed by atoms with Crippen LogP contribution in [0.2, 0.25) is 0 Å². The SMILES string of the molecule is C=C(CCCCCCCCC)C1CCCc2ccccc21. The van der Waals surface area contributed by atoms with Gasteiger partial charge in [-0.25, -0.2) is 0 Å². The van der Waals surface area contributed by atoms with E-state index in [-0.39, 0.29) is 0 Å². The van der Waals surface area contributed by atoms with Crippen molar-refractivity contribution in [2.24, 2.45) is 0 Å². The molecule has 21 heavy (non-hydrogen) atoms. The average molecular weight is 284 g/mol. The molecule has 0 heterocycles. The molecule has 0 amide bonds. The standard InChI is InChI=1S/C21H32/c1-3-4-5-6-7-8-9-13-18(2)20-17-12-15-19-14-10-11-16-21(19)20/h10-11,14,16,20H,2-9,12-13,15,17H2,1H3. The molecule has 2 rings (SSSR count). The highest BCUT2D eigenvalue weighted by Gasteiger charge is 2.21. The molecule has 0 saturated heterocycles. The minimum absolute atomic E-state index is 0.634. The zero-order chi connectivity index (χ0) is 14.9. The Morgan fingerprint density at radius 3 is 2.57 bits per heavy atom. The second kappa shape index (κ2) is 9.07. The fourth-order valence-corrected chi connectivity index (χ4v) is 3.66. The molecule has 0 nitrogen and oxygen atoms in total. The molecule has 0 spiro atoms. The first-order chi connectivity index (χ1) is 10.3. The first-order valence-corrected chi connectivity index (χ1v) is 9.08. The first-order valence-electron chi connectivity index (χ1n) is 9.08. The molecule has 0 N–H and O–H groups in total. The predicted molar refractivity (Wildman–Crippen MR) is 93.9 cm³/mol. The zero-order valence-corrected chi connectivity index (χ0v) is 13.9. The quantitative estimate of drug-likeness (QED) is 0.345. The van der Waals surface area contributed by atoms with Crippen LogP contribution in [0.15, 0.2) is 36.4 Å². The summed E-state index contributed by atoms with van der Waals surface area (Å²) in [4.78, 5) is 0. The second-order valence-corrected chi connectivity index (χ2v) is 6.67. The van der Waals surface area contributed by atoms with Crippen LogP contribution < -0.4 is 0 Å². The third-order valence-electron chi connectivity index (χ3n) is 4.96. The summed E-state index contributed by atoms with van der Waals surface area (Å²) in [7, 11) is 0. The first kappa shape index (κ1) is 16.3. The van der Waals surface area contributed by atoms with Gasteiger partial charge in [0.2, 0.25) is 0 Å². The lowest BCUT2D eigenvalue weighted by atomic mass is 9.78. The molecular formula is C21H32. The summed E-state index contributed by atoms with van der Waals surface area (Å²) < 4.78 is 0. The summed E-state index contributed by atoms with van der Waals surface area (Å²) in [6.45, 7) is 6.71. The van der Waals surface area contributed by atoms with E-state index >= 15 is 0 Å². The molecule has 1 aromatic rings. The topological polar surface area (TPSA) is 0 Å². The lowest BCUT2D eigenvalue weighted by Gasteiger charge is -2.27. The smallest absolute Gasteiger partial charge is 0.00483 e. The average Bonchev–Trinajstić information content (AvgIpc) is 2.53. The fraction of sp³-hybridized carbons (Fsp3) is 0.619. The van der Waals surface area contributed by atoms with Gasteiger partial charge < -0.3 is 0 Å². The van der Waals surface area contributed by atoms with Gasteiger partial charge in [0.15, 0.2) is 0 Å². The number of rotatable bonds is 9. The van der Waals surface area contributed by atoms with Crippen molar-refractivity contribution in [1.29, 1.82) is 0 Å². The Morgan fingerprint density at radius 1 is 1.05 bits per heavy atom. The van der Waals surface area contributed by atoms with E-state index in [2.05, 4.69) is 37.8 Å². The highest BCUT2D eigenvalue weighted by molar-refractivity contribution is 5.37. The van der Waals surface area contributed by atoms with Crippen molar-refractivity contribution >= 4 is 0 Å². The Bertz CT molecular complexity index is 429. The minimum atomic E-state index is 0.634. The zero-order valence-electron chi connectivity index (χ0n) is 13.9. The van der Waals surface area contributed by atoms with E-state index in [4.69, 9.17) is 0 Å². The molecule has 1 unspecified atom stereocenters. The Hall–Kier alpha value is -1.04. The lowest BCUT2D eigenvalue weighted by Crippen LogP contribution is -2.11. The maximum atomic E-state index is 4.42. The highest BCUT2D eigenvalue weighted by Crippen LogP contribution is 2.37. The van der Waals surface area contributed by atoms with E-state index in [0.717, 1.165) is 0 Å². The van der Waals surface area contributed by atoms with Crippen LogP contribution in [-0.2, 0) is 6.42 Å². The van der Waals surface area contributed by atoms with Gasteiger partial charge >= 0.3 is 0 Å². The van der Waals surface area contributed by atoms with Gasteiger partial charge in [-0.05, 0) is 43.2 Å². The van der Waals surface area contributed by atoms with Crippen molar-refractivity contribution in [2.45, 2.75) is 83.5 Å². The maximum absolute atomic E-state index is 4.42. The van der Waals surface area contributed by atoms with Crippen LogP contribution in [0.5, 0.6) is 0 Å². The highest BCUT2D eigenvalue weighted by atomic mass is 14.3. The molecule has 0 aliphatic heterocycles. The van der Waals surface area contributed by atoms with Crippen LogP contribution in [0.3, 0.4) is 0 Å². The van der Waals surface area contributed by atoms with Crippen molar-refractivity contribution in [3.05, 3.63) is 47.5 Å². The van der Waals surface area contributed by atoms with Gasteiger partial charge in [0.1, 0.15) is 0 Å². The van der Waals surface area contributed by atoms with Gasteiger partial charge in [-0.2, -0.15) is 0 Å². The normalized spacial score (nSPS) is 17.5. The molecule has 0 aromatic heterocycles. The van der Waals surface area contributed by atoms with E-state index in [9.17, 15) is 0 Å². The molecule has 1 atom stereocenters. The molecule has 0 fully saturated rings. The van der Waals surface area contributed by atoms with Crippen molar-refractivity contribution < 1.29 is 0 Å². The van der Waals surface area contributed by atoms with Gasteiger partial charge in [0, 0.05) is 5.92 Å². The summed E-state index contributed by atoms with van der Waals surface area (Å²) in [5.74, 6) is 0.634. The molecule has 116 valence electrons. The van der Waals surface area contributed by atoms with Gasteiger partial charge in [-0.3, -0.25) is 0 Å².